The van der Waals surface area contributed by atoms with Crippen molar-refractivity contribution in [2.45, 2.75) is 39.8 Å². The lowest BCUT2D eigenvalue weighted by Crippen LogP contribution is -2.23. The summed E-state index contributed by atoms with van der Waals surface area (Å²) < 4.78 is 12.9. The third kappa shape index (κ3) is 3.42. The molecule has 2 unspecified atom stereocenters. The fraction of sp³-hybridized carbons (Fsp3) is 0.353. The molecule has 0 saturated carbocycles. The minimum atomic E-state index is -0.302. The van der Waals surface area contributed by atoms with Crippen molar-refractivity contribution in [2.24, 2.45) is 0 Å². The second-order valence-corrected chi connectivity index (χ2v) is 5.37. The van der Waals surface area contributed by atoms with Crippen LogP contribution in [0.4, 0.5) is 4.39 Å². The number of aryl methyl sites for hydroxylation is 2. The van der Waals surface area contributed by atoms with E-state index in [0.29, 0.717) is 0 Å². The van der Waals surface area contributed by atoms with Crippen molar-refractivity contribution in [3.8, 4) is 0 Å². The van der Waals surface area contributed by atoms with Gasteiger partial charge in [-0.3, -0.25) is 4.98 Å². The average Bonchev–Trinajstić information content (AvgIpc) is 2.42. The zero-order valence-corrected chi connectivity index (χ0v) is 12.4. The van der Waals surface area contributed by atoms with Crippen LogP contribution in [0.5, 0.6) is 0 Å². The first-order valence-corrected chi connectivity index (χ1v) is 6.92. The van der Waals surface area contributed by atoms with Crippen LogP contribution in [0.3, 0.4) is 0 Å². The average molecular weight is 272 g/mol. The van der Waals surface area contributed by atoms with Crippen molar-refractivity contribution in [1.82, 2.24) is 10.3 Å². The second-order valence-electron chi connectivity index (χ2n) is 5.37. The highest BCUT2D eigenvalue weighted by atomic mass is 19.1. The van der Waals surface area contributed by atoms with Gasteiger partial charge in [-0.2, -0.15) is 0 Å². The monoisotopic (exact) mass is 272 g/mol. The SMILES string of the molecule is Cc1ccc(C)c(C(C)NC(C)c2ccc(F)cn2)c1. The Balaban J connectivity index is 2.12. The maximum Gasteiger partial charge on any atom is 0.141 e. The van der Waals surface area contributed by atoms with Crippen LogP contribution in [0, 0.1) is 19.7 Å². The summed E-state index contributed by atoms with van der Waals surface area (Å²) in [6.45, 7) is 8.40. The van der Waals surface area contributed by atoms with E-state index in [1.54, 1.807) is 6.07 Å². The van der Waals surface area contributed by atoms with Crippen LogP contribution in [0.1, 0.15) is 48.3 Å². The molecule has 106 valence electrons. The van der Waals surface area contributed by atoms with Crippen molar-refractivity contribution < 1.29 is 4.39 Å². The molecule has 0 spiro atoms. The summed E-state index contributed by atoms with van der Waals surface area (Å²) in [6.07, 6.45) is 1.26. The fourth-order valence-corrected chi connectivity index (χ4v) is 2.42. The highest BCUT2D eigenvalue weighted by Gasteiger charge is 2.14. The molecule has 1 aromatic heterocycles. The first kappa shape index (κ1) is 14.7. The van der Waals surface area contributed by atoms with Crippen molar-refractivity contribution in [2.75, 3.05) is 0 Å². The molecule has 0 amide bonds. The number of hydrogen-bond donors (Lipinski definition) is 1. The Morgan fingerprint density at radius 1 is 1.05 bits per heavy atom. The largest absolute Gasteiger partial charge is 0.302 e. The summed E-state index contributed by atoms with van der Waals surface area (Å²) in [7, 11) is 0. The van der Waals surface area contributed by atoms with Crippen LogP contribution in [0.15, 0.2) is 36.5 Å². The summed E-state index contributed by atoms with van der Waals surface area (Å²) in [5.41, 5.74) is 4.67. The third-order valence-electron chi connectivity index (χ3n) is 3.60. The molecule has 1 heterocycles. The molecule has 2 aromatic rings. The van der Waals surface area contributed by atoms with Crippen LogP contribution in [0.2, 0.25) is 0 Å². The van der Waals surface area contributed by atoms with Crippen molar-refractivity contribution >= 4 is 0 Å². The number of hydrogen-bond acceptors (Lipinski definition) is 2. The van der Waals surface area contributed by atoms with E-state index in [2.05, 4.69) is 49.3 Å². The van der Waals surface area contributed by atoms with E-state index in [1.165, 1.54) is 29.0 Å². The van der Waals surface area contributed by atoms with Gasteiger partial charge in [0, 0.05) is 12.1 Å². The van der Waals surface area contributed by atoms with E-state index < -0.39 is 0 Å². The Kier molecular flexibility index (Phi) is 4.50. The van der Waals surface area contributed by atoms with Gasteiger partial charge in [0.1, 0.15) is 5.82 Å². The Bertz CT molecular complexity index is 578. The molecule has 3 heteroatoms. The highest BCUT2D eigenvalue weighted by Crippen LogP contribution is 2.22. The number of halogens is 1. The van der Waals surface area contributed by atoms with Gasteiger partial charge in [-0.25, -0.2) is 4.39 Å². The summed E-state index contributed by atoms with van der Waals surface area (Å²) in [6, 6.07) is 9.94. The van der Waals surface area contributed by atoms with Crippen LogP contribution >= 0.6 is 0 Å². The normalized spacial score (nSPS) is 14.1. The predicted molar refractivity (Wildman–Crippen MR) is 80.1 cm³/mol. The Morgan fingerprint density at radius 2 is 1.80 bits per heavy atom. The number of pyridine rings is 1. The fourth-order valence-electron chi connectivity index (χ4n) is 2.42. The van der Waals surface area contributed by atoms with E-state index >= 15 is 0 Å². The smallest absolute Gasteiger partial charge is 0.141 e. The summed E-state index contributed by atoms with van der Waals surface area (Å²) in [5, 5.41) is 3.51. The van der Waals surface area contributed by atoms with Gasteiger partial charge >= 0.3 is 0 Å². The first-order valence-electron chi connectivity index (χ1n) is 6.92. The Hall–Kier alpha value is -1.74. The molecule has 2 rings (SSSR count). The van der Waals surface area contributed by atoms with Gasteiger partial charge in [-0.05, 0) is 51.0 Å². The maximum absolute atomic E-state index is 12.9. The molecule has 0 bridgehead atoms. The molecular formula is C17H21FN2. The van der Waals surface area contributed by atoms with Gasteiger partial charge in [0.15, 0.2) is 0 Å². The minimum Gasteiger partial charge on any atom is -0.302 e. The number of rotatable bonds is 4. The lowest BCUT2D eigenvalue weighted by atomic mass is 9.99. The van der Waals surface area contributed by atoms with Gasteiger partial charge in [-0.15, -0.1) is 0 Å². The lowest BCUT2D eigenvalue weighted by Gasteiger charge is -2.22. The molecule has 20 heavy (non-hydrogen) atoms. The molecule has 0 radical (unpaired) electrons. The van der Waals surface area contributed by atoms with Gasteiger partial charge in [-0.1, -0.05) is 23.8 Å². The van der Waals surface area contributed by atoms with Crippen LogP contribution in [-0.4, -0.2) is 4.98 Å². The quantitative estimate of drug-likeness (QED) is 0.900. The molecule has 0 fully saturated rings. The Morgan fingerprint density at radius 3 is 2.45 bits per heavy atom. The third-order valence-corrected chi connectivity index (χ3v) is 3.60. The first-order chi connectivity index (χ1) is 9.47. The molecule has 2 atom stereocenters. The lowest BCUT2D eigenvalue weighted by molar-refractivity contribution is 0.483. The zero-order valence-electron chi connectivity index (χ0n) is 12.4. The number of benzene rings is 1. The molecule has 0 aliphatic heterocycles. The maximum atomic E-state index is 12.9. The number of nitrogens with zero attached hydrogens (tertiary/aromatic N) is 1. The minimum absolute atomic E-state index is 0.0745. The zero-order chi connectivity index (χ0) is 14.7. The van der Waals surface area contributed by atoms with Crippen molar-refractivity contribution in [1.29, 1.82) is 0 Å². The molecule has 2 nitrogen and oxygen atoms in total. The molecule has 0 aliphatic rings. The summed E-state index contributed by atoms with van der Waals surface area (Å²) in [4.78, 5) is 4.13. The molecule has 1 N–H and O–H groups in total. The van der Waals surface area contributed by atoms with Gasteiger partial charge in [0.05, 0.1) is 11.9 Å². The van der Waals surface area contributed by atoms with Gasteiger partial charge < -0.3 is 5.32 Å². The van der Waals surface area contributed by atoms with Crippen LogP contribution in [0.25, 0.3) is 0 Å². The van der Waals surface area contributed by atoms with Gasteiger partial charge in [0.2, 0.25) is 0 Å². The molecule has 0 saturated heterocycles. The Labute approximate surface area is 120 Å². The standard InChI is InChI=1S/C17H21FN2/c1-11-5-6-12(2)16(9-11)13(3)20-14(4)17-8-7-15(18)10-19-17/h5-10,13-14,20H,1-4H3. The predicted octanol–water partition coefficient (Wildman–Crippen LogP) is 4.25. The highest BCUT2D eigenvalue weighted by molar-refractivity contribution is 5.32. The van der Waals surface area contributed by atoms with E-state index in [9.17, 15) is 4.39 Å². The summed E-state index contributed by atoms with van der Waals surface area (Å²) >= 11 is 0. The van der Waals surface area contributed by atoms with E-state index in [-0.39, 0.29) is 17.9 Å². The second kappa shape index (κ2) is 6.14. The number of nitrogens with one attached hydrogen (secondary N) is 1. The summed E-state index contributed by atoms with van der Waals surface area (Å²) in [5.74, 6) is -0.302. The topological polar surface area (TPSA) is 24.9 Å². The molecule has 1 aromatic carbocycles. The van der Waals surface area contributed by atoms with E-state index in [4.69, 9.17) is 0 Å². The molecular weight excluding hydrogens is 251 g/mol. The van der Waals surface area contributed by atoms with Crippen molar-refractivity contribution in [3.05, 3.63) is 64.7 Å². The van der Waals surface area contributed by atoms with Gasteiger partial charge in [0.25, 0.3) is 0 Å². The van der Waals surface area contributed by atoms with E-state index in [0.717, 1.165) is 5.69 Å². The number of aromatic nitrogens is 1. The van der Waals surface area contributed by atoms with Crippen molar-refractivity contribution in [3.63, 3.8) is 0 Å². The molecule has 0 aliphatic carbocycles. The van der Waals surface area contributed by atoms with Crippen LogP contribution < -0.4 is 5.32 Å². The van der Waals surface area contributed by atoms with Crippen LogP contribution in [-0.2, 0) is 0 Å². The van der Waals surface area contributed by atoms with E-state index in [1.807, 2.05) is 6.92 Å².